The largest absolute Gasteiger partial charge is 0.416 e. The quantitative estimate of drug-likeness (QED) is 0.857. The van der Waals surface area contributed by atoms with Crippen molar-refractivity contribution in [3.8, 4) is 0 Å². The second-order valence-electron chi connectivity index (χ2n) is 4.45. The van der Waals surface area contributed by atoms with Gasteiger partial charge in [0.05, 0.1) is 10.5 Å². The van der Waals surface area contributed by atoms with Gasteiger partial charge < -0.3 is 4.90 Å². The Bertz CT molecular complexity index is 609. The van der Waals surface area contributed by atoms with Gasteiger partial charge in [-0.15, -0.1) is 0 Å². The summed E-state index contributed by atoms with van der Waals surface area (Å²) in [5.74, 6) is -0.692. The summed E-state index contributed by atoms with van der Waals surface area (Å²) in [4.78, 5) is 12.2. The lowest BCUT2D eigenvalue weighted by atomic mass is 10.2. The molecular formula is C12H14F3NO3S. The van der Waals surface area contributed by atoms with E-state index in [9.17, 15) is 26.4 Å². The van der Waals surface area contributed by atoms with Crippen molar-refractivity contribution in [2.24, 2.45) is 0 Å². The topological polar surface area (TPSA) is 54.5 Å². The van der Waals surface area contributed by atoms with Crippen LogP contribution in [0.25, 0.3) is 0 Å². The van der Waals surface area contributed by atoms with E-state index in [-0.39, 0.29) is 0 Å². The first-order chi connectivity index (χ1) is 8.98. The molecule has 0 spiro atoms. The van der Waals surface area contributed by atoms with Crippen molar-refractivity contribution in [2.75, 3.05) is 14.1 Å². The Morgan fingerprint density at radius 3 is 2.25 bits per heavy atom. The Hall–Kier alpha value is -1.57. The molecule has 0 bridgehead atoms. The lowest BCUT2D eigenvalue weighted by Crippen LogP contribution is -2.37. The van der Waals surface area contributed by atoms with Gasteiger partial charge in [0, 0.05) is 14.1 Å². The monoisotopic (exact) mass is 309 g/mol. The molecule has 1 unspecified atom stereocenters. The second kappa shape index (κ2) is 5.43. The molecule has 1 amide bonds. The van der Waals surface area contributed by atoms with E-state index in [4.69, 9.17) is 0 Å². The van der Waals surface area contributed by atoms with Gasteiger partial charge in [-0.1, -0.05) is 6.07 Å². The molecular weight excluding hydrogens is 295 g/mol. The molecule has 1 atom stereocenters. The summed E-state index contributed by atoms with van der Waals surface area (Å²) >= 11 is 0. The minimum absolute atomic E-state index is 0.518. The molecule has 0 fully saturated rings. The molecule has 0 saturated carbocycles. The zero-order valence-electron chi connectivity index (χ0n) is 11.1. The lowest BCUT2D eigenvalue weighted by Gasteiger charge is -2.18. The van der Waals surface area contributed by atoms with Crippen LogP contribution in [0.2, 0.25) is 0 Å². The fourth-order valence-electron chi connectivity index (χ4n) is 1.55. The van der Waals surface area contributed by atoms with Gasteiger partial charge in [0.2, 0.25) is 5.91 Å². The van der Waals surface area contributed by atoms with Crippen molar-refractivity contribution in [2.45, 2.75) is 23.2 Å². The molecule has 1 rings (SSSR count). The van der Waals surface area contributed by atoms with Crippen molar-refractivity contribution in [1.82, 2.24) is 4.90 Å². The average Bonchev–Trinajstić information content (AvgIpc) is 2.35. The van der Waals surface area contributed by atoms with E-state index in [2.05, 4.69) is 0 Å². The van der Waals surface area contributed by atoms with Gasteiger partial charge in [-0.2, -0.15) is 13.2 Å². The number of nitrogens with zero attached hydrogens (tertiary/aromatic N) is 1. The van der Waals surface area contributed by atoms with E-state index in [0.717, 1.165) is 30.0 Å². The maximum absolute atomic E-state index is 12.6. The molecule has 4 nitrogen and oxygen atoms in total. The van der Waals surface area contributed by atoms with Crippen LogP contribution in [-0.4, -0.2) is 38.6 Å². The molecule has 0 aliphatic rings. The molecule has 0 radical (unpaired) electrons. The van der Waals surface area contributed by atoms with Gasteiger partial charge >= 0.3 is 6.18 Å². The number of halogens is 3. The van der Waals surface area contributed by atoms with E-state index in [1.165, 1.54) is 14.1 Å². The Morgan fingerprint density at radius 1 is 1.25 bits per heavy atom. The van der Waals surface area contributed by atoms with Gasteiger partial charge in [0.1, 0.15) is 5.25 Å². The number of hydrogen-bond donors (Lipinski definition) is 0. The summed E-state index contributed by atoms with van der Waals surface area (Å²) in [6, 6.07) is 3.36. The van der Waals surface area contributed by atoms with Gasteiger partial charge in [0.15, 0.2) is 9.84 Å². The van der Waals surface area contributed by atoms with E-state index < -0.39 is 37.6 Å². The van der Waals surface area contributed by atoms with Crippen molar-refractivity contribution >= 4 is 15.7 Å². The summed E-state index contributed by atoms with van der Waals surface area (Å²) in [6.45, 7) is 1.15. The van der Waals surface area contributed by atoms with E-state index >= 15 is 0 Å². The van der Waals surface area contributed by atoms with Crippen LogP contribution in [0.1, 0.15) is 12.5 Å². The Kier molecular flexibility index (Phi) is 4.48. The lowest BCUT2D eigenvalue weighted by molar-refractivity contribution is -0.137. The van der Waals surface area contributed by atoms with Crippen molar-refractivity contribution in [3.63, 3.8) is 0 Å². The zero-order chi connectivity index (χ0) is 15.7. The number of rotatable bonds is 3. The first kappa shape index (κ1) is 16.5. The van der Waals surface area contributed by atoms with Gasteiger partial charge in [-0.05, 0) is 25.1 Å². The third kappa shape index (κ3) is 3.30. The fourth-order valence-corrected chi connectivity index (χ4v) is 2.99. The van der Waals surface area contributed by atoms with E-state index in [0.29, 0.717) is 6.07 Å². The van der Waals surface area contributed by atoms with Gasteiger partial charge in [-0.3, -0.25) is 4.79 Å². The zero-order valence-corrected chi connectivity index (χ0v) is 11.9. The predicted octanol–water partition coefficient (Wildman–Crippen LogP) is 1.96. The van der Waals surface area contributed by atoms with Crippen LogP contribution in [0.5, 0.6) is 0 Å². The number of carbonyl (C=O) groups is 1. The third-order valence-corrected chi connectivity index (χ3v) is 4.79. The SMILES string of the molecule is CC(C(=O)N(C)C)S(=O)(=O)c1cccc(C(F)(F)F)c1. The molecule has 20 heavy (non-hydrogen) atoms. The summed E-state index contributed by atoms with van der Waals surface area (Å²) in [5.41, 5.74) is -1.07. The maximum atomic E-state index is 12.6. The molecule has 8 heteroatoms. The first-order valence-electron chi connectivity index (χ1n) is 5.60. The van der Waals surface area contributed by atoms with Gasteiger partial charge in [0.25, 0.3) is 0 Å². The molecule has 0 aromatic heterocycles. The highest BCUT2D eigenvalue weighted by Crippen LogP contribution is 2.31. The normalized spacial score (nSPS) is 13.9. The van der Waals surface area contributed by atoms with E-state index in [1.807, 2.05) is 0 Å². The number of carbonyl (C=O) groups excluding carboxylic acids is 1. The molecule has 0 saturated heterocycles. The minimum atomic E-state index is -4.64. The number of amides is 1. The summed E-state index contributed by atoms with van der Waals surface area (Å²) < 4.78 is 62.0. The van der Waals surface area contributed by atoms with Crippen molar-refractivity contribution in [1.29, 1.82) is 0 Å². The summed E-state index contributed by atoms with van der Waals surface area (Å²) in [6.07, 6.45) is -4.64. The highest BCUT2D eigenvalue weighted by Gasteiger charge is 2.34. The Morgan fingerprint density at radius 2 is 1.80 bits per heavy atom. The number of benzene rings is 1. The summed E-state index contributed by atoms with van der Waals surface area (Å²) in [7, 11) is -1.41. The van der Waals surface area contributed by atoms with Crippen LogP contribution in [0.4, 0.5) is 13.2 Å². The molecule has 0 heterocycles. The Labute approximate surface area is 115 Å². The molecule has 0 aliphatic carbocycles. The average molecular weight is 309 g/mol. The Balaban J connectivity index is 3.27. The molecule has 0 N–H and O–H groups in total. The number of sulfone groups is 1. The highest BCUT2D eigenvalue weighted by atomic mass is 32.2. The molecule has 0 aliphatic heterocycles. The van der Waals surface area contributed by atoms with Crippen molar-refractivity contribution < 1.29 is 26.4 Å². The smallest absolute Gasteiger partial charge is 0.348 e. The first-order valence-corrected chi connectivity index (χ1v) is 7.15. The van der Waals surface area contributed by atoms with Gasteiger partial charge in [-0.25, -0.2) is 8.42 Å². The fraction of sp³-hybridized carbons (Fsp3) is 0.417. The predicted molar refractivity (Wildman–Crippen MR) is 66.8 cm³/mol. The van der Waals surface area contributed by atoms with Crippen molar-refractivity contribution in [3.05, 3.63) is 29.8 Å². The van der Waals surface area contributed by atoms with Crippen LogP contribution in [0, 0.1) is 0 Å². The van der Waals surface area contributed by atoms with Crippen LogP contribution in [-0.2, 0) is 20.8 Å². The highest BCUT2D eigenvalue weighted by molar-refractivity contribution is 7.92. The number of alkyl halides is 3. The molecule has 1 aromatic rings. The minimum Gasteiger partial charge on any atom is -0.348 e. The van der Waals surface area contributed by atoms with E-state index in [1.54, 1.807) is 0 Å². The van der Waals surface area contributed by atoms with Crippen LogP contribution < -0.4 is 0 Å². The standard InChI is InChI=1S/C12H14F3NO3S/c1-8(11(17)16(2)3)20(18,19)10-6-4-5-9(7-10)12(13,14)15/h4-8H,1-3H3. The third-order valence-electron chi connectivity index (χ3n) is 2.74. The molecule has 112 valence electrons. The molecule has 1 aromatic carbocycles. The van der Waals surface area contributed by atoms with Crippen LogP contribution in [0.15, 0.2) is 29.2 Å². The number of hydrogen-bond acceptors (Lipinski definition) is 3. The second-order valence-corrected chi connectivity index (χ2v) is 6.71. The van der Waals surface area contributed by atoms with Crippen LogP contribution >= 0.6 is 0 Å². The summed E-state index contributed by atoms with van der Waals surface area (Å²) in [5, 5.41) is -1.44. The van der Waals surface area contributed by atoms with Crippen LogP contribution in [0.3, 0.4) is 0 Å². The maximum Gasteiger partial charge on any atom is 0.416 e.